The Morgan fingerprint density at radius 2 is 1.86 bits per heavy atom. The van der Waals surface area contributed by atoms with E-state index in [1.54, 1.807) is 12.1 Å². The van der Waals surface area contributed by atoms with Gasteiger partial charge in [-0.3, -0.25) is 9.52 Å². The molecule has 0 radical (unpaired) electrons. The third-order valence-electron chi connectivity index (χ3n) is 3.61. The zero-order valence-electron chi connectivity index (χ0n) is 14.5. The molecule has 0 bridgehead atoms. The molecule has 0 fully saturated rings. The number of halogens is 2. The number of hydrogen-bond donors (Lipinski definition) is 2. The topological polar surface area (TPSA) is 101 Å². The van der Waals surface area contributed by atoms with E-state index in [-0.39, 0.29) is 16.7 Å². The van der Waals surface area contributed by atoms with Gasteiger partial charge in [-0.1, -0.05) is 23.7 Å². The predicted molar refractivity (Wildman–Crippen MR) is 104 cm³/mol. The van der Waals surface area contributed by atoms with Crippen LogP contribution in [0, 0.1) is 5.82 Å². The lowest BCUT2D eigenvalue weighted by Crippen LogP contribution is -2.15. The van der Waals surface area contributed by atoms with Gasteiger partial charge in [-0.25, -0.2) is 22.8 Å². The van der Waals surface area contributed by atoms with Crippen molar-refractivity contribution in [3.05, 3.63) is 65.8 Å². The highest BCUT2D eigenvalue weighted by atomic mass is 35.5. The Morgan fingerprint density at radius 3 is 2.57 bits per heavy atom. The first-order valence-corrected chi connectivity index (χ1v) is 9.79. The number of sulfonamides is 1. The van der Waals surface area contributed by atoms with E-state index in [9.17, 15) is 17.6 Å². The number of benzene rings is 1. The summed E-state index contributed by atoms with van der Waals surface area (Å²) >= 11 is 6.02. The second-order valence-corrected chi connectivity index (χ2v) is 7.72. The standard InChI is InChI=1S/C18H14ClFN4O3S/c1-11(25)23-17-9-12(6-7-21-17)13-8-15(18(19)22-10-13)24-28(26,27)16-5-3-2-4-14(16)20/h2-10,24H,1H3,(H,21,23,25). The highest BCUT2D eigenvalue weighted by Crippen LogP contribution is 2.29. The average Bonchev–Trinajstić information content (AvgIpc) is 2.63. The monoisotopic (exact) mass is 420 g/mol. The van der Waals surface area contributed by atoms with Crippen molar-refractivity contribution in [2.24, 2.45) is 0 Å². The van der Waals surface area contributed by atoms with E-state index in [2.05, 4.69) is 20.0 Å². The molecule has 28 heavy (non-hydrogen) atoms. The van der Waals surface area contributed by atoms with Gasteiger partial charge >= 0.3 is 0 Å². The Labute approximate surface area is 165 Å². The van der Waals surface area contributed by atoms with Crippen LogP contribution < -0.4 is 10.0 Å². The van der Waals surface area contributed by atoms with E-state index in [4.69, 9.17) is 11.6 Å². The molecule has 0 aliphatic carbocycles. The minimum atomic E-state index is -4.21. The maximum atomic E-state index is 13.9. The lowest BCUT2D eigenvalue weighted by Gasteiger charge is -2.12. The van der Waals surface area contributed by atoms with Crippen molar-refractivity contribution in [2.45, 2.75) is 11.8 Å². The summed E-state index contributed by atoms with van der Waals surface area (Å²) in [6, 6.07) is 9.71. The Hall–Kier alpha value is -3.04. The lowest BCUT2D eigenvalue weighted by molar-refractivity contribution is -0.114. The van der Waals surface area contributed by atoms with Crippen molar-refractivity contribution < 1.29 is 17.6 Å². The van der Waals surface area contributed by atoms with Crippen LogP contribution in [0.3, 0.4) is 0 Å². The fourth-order valence-corrected chi connectivity index (χ4v) is 3.74. The average molecular weight is 421 g/mol. The van der Waals surface area contributed by atoms with Crippen molar-refractivity contribution in [3.8, 4) is 11.1 Å². The van der Waals surface area contributed by atoms with Crippen LogP contribution in [0.2, 0.25) is 5.15 Å². The summed E-state index contributed by atoms with van der Waals surface area (Å²) in [5.41, 5.74) is 1.12. The number of aromatic nitrogens is 2. The van der Waals surface area contributed by atoms with Crippen LogP contribution in [-0.4, -0.2) is 24.3 Å². The van der Waals surface area contributed by atoms with Gasteiger partial charge in [0.25, 0.3) is 10.0 Å². The fraction of sp³-hybridized carbons (Fsp3) is 0.0556. The SMILES string of the molecule is CC(=O)Nc1cc(-c2cnc(Cl)c(NS(=O)(=O)c3ccccc3F)c2)ccn1. The van der Waals surface area contributed by atoms with Crippen LogP contribution in [0.5, 0.6) is 0 Å². The third-order valence-corrected chi connectivity index (χ3v) is 5.31. The number of pyridine rings is 2. The van der Waals surface area contributed by atoms with Crippen LogP contribution in [-0.2, 0) is 14.8 Å². The molecule has 0 atom stereocenters. The summed E-state index contributed by atoms with van der Waals surface area (Å²) in [6.07, 6.45) is 2.93. The van der Waals surface area contributed by atoms with Crippen LogP contribution in [0.4, 0.5) is 15.9 Å². The highest BCUT2D eigenvalue weighted by molar-refractivity contribution is 7.92. The smallest absolute Gasteiger partial charge is 0.264 e. The zero-order chi connectivity index (χ0) is 20.3. The van der Waals surface area contributed by atoms with Gasteiger partial charge in [-0.05, 0) is 35.9 Å². The Kier molecular flexibility index (Phi) is 5.57. The molecule has 144 valence electrons. The largest absolute Gasteiger partial charge is 0.311 e. The third kappa shape index (κ3) is 4.44. The summed E-state index contributed by atoms with van der Waals surface area (Å²) in [6.45, 7) is 1.35. The maximum Gasteiger partial charge on any atom is 0.264 e. The van der Waals surface area contributed by atoms with E-state index < -0.39 is 20.7 Å². The number of hydrogen-bond acceptors (Lipinski definition) is 5. The number of anilines is 2. The molecule has 2 aromatic heterocycles. The number of amides is 1. The molecule has 1 amide bonds. The van der Waals surface area contributed by atoms with Gasteiger partial charge in [0.05, 0.1) is 5.69 Å². The summed E-state index contributed by atoms with van der Waals surface area (Å²) in [7, 11) is -4.21. The van der Waals surface area contributed by atoms with Crippen LogP contribution in [0.25, 0.3) is 11.1 Å². The predicted octanol–water partition coefficient (Wildman–Crippen LogP) is 3.70. The molecule has 0 spiro atoms. The van der Waals surface area contributed by atoms with Crippen molar-refractivity contribution in [2.75, 3.05) is 10.0 Å². The number of carbonyl (C=O) groups is 1. The summed E-state index contributed by atoms with van der Waals surface area (Å²) in [5, 5.41) is 2.46. The molecule has 2 heterocycles. The number of nitrogens with zero attached hydrogens (tertiary/aromatic N) is 2. The van der Waals surface area contributed by atoms with E-state index in [1.165, 1.54) is 37.5 Å². The molecule has 7 nitrogen and oxygen atoms in total. The van der Waals surface area contributed by atoms with Crippen LogP contribution >= 0.6 is 11.6 Å². The van der Waals surface area contributed by atoms with Gasteiger partial charge < -0.3 is 5.32 Å². The molecule has 0 aliphatic rings. The van der Waals surface area contributed by atoms with Gasteiger partial charge in [0.15, 0.2) is 5.15 Å². The summed E-state index contributed by atoms with van der Waals surface area (Å²) in [4.78, 5) is 18.7. The van der Waals surface area contributed by atoms with Gasteiger partial charge in [-0.15, -0.1) is 0 Å². The van der Waals surface area contributed by atoms with E-state index >= 15 is 0 Å². The van der Waals surface area contributed by atoms with Crippen LogP contribution in [0.1, 0.15) is 6.92 Å². The molecule has 2 N–H and O–H groups in total. The summed E-state index contributed by atoms with van der Waals surface area (Å²) in [5.74, 6) is -0.838. The van der Waals surface area contributed by atoms with Gasteiger partial charge in [0.1, 0.15) is 16.5 Å². The van der Waals surface area contributed by atoms with E-state index in [0.29, 0.717) is 16.9 Å². The quantitative estimate of drug-likeness (QED) is 0.613. The minimum Gasteiger partial charge on any atom is -0.311 e. The Balaban J connectivity index is 1.97. The van der Waals surface area contributed by atoms with Crippen molar-refractivity contribution in [3.63, 3.8) is 0 Å². The highest BCUT2D eigenvalue weighted by Gasteiger charge is 2.20. The maximum absolute atomic E-state index is 13.9. The second kappa shape index (κ2) is 7.91. The number of carbonyl (C=O) groups excluding carboxylic acids is 1. The number of nitrogens with one attached hydrogen (secondary N) is 2. The first-order chi connectivity index (χ1) is 13.3. The Bertz CT molecular complexity index is 1160. The van der Waals surface area contributed by atoms with Gasteiger partial charge in [0, 0.05) is 24.9 Å². The molecule has 0 saturated carbocycles. The first-order valence-electron chi connectivity index (χ1n) is 7.93. The van der Waals surface area contributed by atoms with Gasteiger partial charge in [0.2, 0.25) is 5.91 Å². The lowest BCUT2D eigenvalue weighted by atomic mass is 10.1. The van der Waals surface area contributed by atoms with Crippen molar-refractivity contribution in [1.29, 1.82) is 0 Å². The molecule has 0 aliphatic heterocycles. The number of rotatable bonds is 5. The van der Waals surface area contributed by atoms with E-state index in [0.717, 1.165) is 12.1 Å². The van der Waals surface area contributed by atoms with Crippen molar-refractivity contribution in [1.82, 2.24) is 9.97 Å². The molecule has 1 aromatic carbocycles. The van der Waals surface area contributed by atoms with E-state index in [1.807, 2.05) is 0 Å². The molecule has 10 heteroatoms. The molecular weight excluding hydrogens is 407 g/mol. The molecule has 0 saturated heterocycles. The summed E-state index contributed by atoms with van der Waals surface area (Å²) < 4.78 is 41.1. The first kappa shape index (κ1) is 19.7. The zero-order valence-corrected chi connectivity index (χ0v) is 16.1. The molecule has 0 unspecified atom stereocenters. The van der Waals surface area contributed by atoms with Gasteiger partial charge in [-0.2, -0.15) is 0 Å². The molecular formula is C18H14ClFN4O3S. The molecule has 3 aromatic rings. The second-order valence-electron chi connectivity index (χ2n) is 5.71. The minimum absolute atomic E-state index is 0.0136. The normalized spacial score (nSPS) is 11.1. The molecule has 3 rings (SSSR count). The fourth-order valence-electron chi connectivity index (χ4n) is 2.40. The van der Waals surface area contributed by atoms with Crippen LogP contribution in [0.15, 0.2) is 59.8 Å². The Morgan fingerprint density at radius 1 is 1.11 bits per heavy atom. The van der Waals surface area contributed by atoms with Crippen molar-refractivity contribution >= 4 is 39.0 Å².